The van der Waals surface area contributed by atoms with Crippen LogP contribution in [-0.4, -0.2) is 34.0 Å². The Labute approximate surface area is 180 Å². The minimum atomic E-state index is -0.0268. The van der Waals surface area contributed by atoms with E-state index in [-0.39, 0.29) is 17.7 Å². The molecule has 2 N–H and O–H groups in total. The van der Waals surface area contributed by atoms with Crippen molar-refractivity contribution in [1.29, 1.82) is 0 Å². The summed E-state index contributed by atoms with van der Waals surface area (Å²) in [5, 5.41) is 10.8. The maximum Gasteiger partial charge on any atom is 0.230 e. The number of aromatic amines is 1. The van der Waals surface area contributed by atoms with E-state index in [0.717, 1.165) is 23.3 Å². The smallest absolute Gasteiger partial charge is 0.230 e. The number of hydrogen-bond donors (Lipinski definition) is 2. The van der Waals surface area contributed by atoms with Crippen molar-refractivity contribution in [1.82, 2.24) is 20.5 Å². The van der Waals surface area contributed by atoms with Gasteiger partial charge in [0.15, 0.2) is 5.82 Å². The largest absolute Gasteiger partial charge is 0.497 e. The second-order valence-electron chi connectivity index (χ2n) is 7.51. The molecule has 1 aromatic heterocycles. The molecule has 0 fully saturated rings. The molecule has 0 saturated carbocycles. The van der Waals surface area contributed by atoms with Crippen LogP contribution >= 0.6 is 11.8 Å². The molecule has 0 saturated heterocycles. The summed E-state index contributed by atoms with van der Waals surface area (Å²) >= 11 is 1.32. The van der Waals surface area contributed by atoms with Gasteiger partial charge in [0.1, 0.15) is 5.75 Å². The number of carbonyl (C=O) groups is 1. The van der Waals surface area contributed by atoms with Crippen molar-refractivity contribution in [2.75, 3.05) is 12.9 Å². The Morgan fingerprint density at radius 1 is 1.17 bits per heavy atom. The molecule has 2 aromatic carbocycles. The number of methoxy groups -OCH3 is 1. The fourth-order valence-electron chi connectivity index (χ4n) is 3.71. The molecule has 1 heterocycles. The van der Waals surface area contributed by atoms with Gasteiger partial charge in [-0.05, 0) is 73.6 Å². The summed E-state index contributed by atoms with van der Waals surface area (Å²) in [6.45, 7) is 2.03. The Morgan fingerprint density at radius 2 is 1.93 bits per heavy atom. The number of rotatable bonds is 7. The van der Waals surface area contributed by atoms with Crippen LogP contribution in [0.15, 0.2) is 47.6 Å². The zero-order valence-corrected chi connectivity index (χ0v) is 18.1. The molecule has 156 valence electrons. The van der Waals surface area contributed by atoms with Gasteiger partial charge in [0.05, 0.1) is 18.9 Å². The molecule has 1 aliphatic rings. The number of aromatic nitrogens is 3. The van der Waals surface area contributed by atoms with Crippen LogP contribution in [0.2, 0.25) is 0 Å². The molecule has 0 radical (unpaired) electrons. The van der Waals surface area contributed by atoms with Gasteiger partial charge in [0, 0.05) is 5.56 Å². The Bertz CT molecular complexity index is 1020. The van der Waals surface area contributed by atoms with Gasteiger partial charge in [-0.15, -0.1) is 5.10 Å². The monoisotopic (exact) mass is 422 g/mol. The molecule has 1 aliphatic carbocycles. The molecule has 0 bridgehead atoms. The van der Waals surface area contributed by atoms with E-state index in [1.54, 1.807) is 7.11 Å². The van der Waals surface area contributed by atoms with Gasteiger partial charge in [-0.25, -0.2) is 4.98 Å². The Balaban J connectivity index is 1.31. The highest BCUT2D eigenvalue weighted by Crippen LogP contribution is 2.25. The first-order valence-corrected chi connectivity index (χ1v) is 11.2. The van der Waals surface area contributed by atoms with E-state index in [0.29, 0.717) is 11.0 Å². The number of nitrogens with zero attached hydrogens (tertiary/aromatic N) is 2. The molecule has 7 heteroatoms. The average molecular weight is 423 g/mol. The van der Waals surface area contributed by atoms with E-state index < -0.39 is 0 Å². The first kappa shape index (κ1) is 20.5. The van der Waals surface area contributed by atoms with E-state index in [4.69, 9.17) is 4.74 Å². The Kier molecular flexibility index (Phi) is 6.38. The predicted octanol–water partition coefficient (Wildman–Crippen LogP) is 4.33. The van der Waals surface area contributed by atoms with E-state index in [1.165, 1.54) is 42.2 Å². The third-order valence-corrected chi connectivity index (χ3v) is 6.26. The second-order valence-corrected chi connectivity index (χ2v) is 8.45. The summed E-state index contributed by atoms with van der Waals surface area (Å²) in [7, 11) is 1.63. The van der Waals surface area contributed by atoms with Gasteiger partial charge >= 0.3 is 0 Å². The summed E-state index contributed by atoms with van der Waals surface area (Å²) in [6, 6.07) is 14.2. The summed E-state index contributed by atoms with van der Waals surface area (Å²) in [6.07, 6.45) is 4.84. The molecule has 1 atom stereocenters. The highest BCUT2D eigenvalue weighted by Gasteiger charge is 2.15. The lowest BCUT2D eigenvalue weighted by Gasteiger charge is -2.20. The minimum absolute atomic E-state index is 0.0210. The lowest BCUT2D eigenvalue weighted by atomic mass is 9.89. The fraction of sp³-hybridized carbons (Fsp3) is 0.348. The van der Waals surface area contributed by atoms with Crippen LogP contribution in [0, 0.1) is 0 Å². The van der Waals surface area contributed by atoms with Crippen LogP contribution in [0.1, 0.15) is 42.5 Å². The van der Waals surface area contributed by atoms with Crippen molar-refractivity contribution in [3.63, 3.8) is 0 Å². The predicted molar refractivity (Wildman–Crippen MR) is 119 cm³/mol. The van der Waals surface area contributed by atoms with E-state index in [9.17, 15) is 4.79 Å². The van der Waals surface area contributed by atoms with Gasteiger partial charge in [0.25, 0.3) is 0 Å². The molecular formula is C23H26N4O2S. The highest BCUT2D eigenvalue weighted by molar-refractivity contribution is 7.99. The first-order valence-electron chi connectivity index (χ1n) is 10.2. The summed E-state index contributed by atoms with van der Waals surface area (Å²) < 4.78 is 5.17. The van der Waals surface area contributed by atoms with Crippen molar-refractivity contribution in [2.45, 2.75) is 43.8 Å². The van der Waals surface area contributed by atoms with Crippen molar-refractivity contribution < 1.29 is 9.53 Å². The number of fused-ring (bicyclic) bond motifs is 1. The van der Waals surface area contributed by atoms with Crippen LogP contribution in [0.3, 0.4) is 0 Å². The molecule has 30 heavy (non-hydrogen) atoms. The highest BCUT2D eigenvalue weighted by atomic mass is 32.2. The van der Waals surface area contributed by atoms with Crippen LogP contribution in [0.5, 0.6) is 5.75 Å². The topological polar surface area (TPSA) is 79.9 Å². The first-order chi connectivity index (χ1) is 14.6. The molecule has 4 rings (SSSR count). The quantitative estimate of drug-likeness (QED) is 0.554. The average Bonchev–Trinajstić information content (AvgIpc) is 3.26. The SMILES string of the molecule is COc1ccc(-c2nc(SCC(=O)N[C@H](C)c3ccc4c(c3)CCCC4)n[nH]2)cc1. The number of ether oxygens (including phenoxy) is 1. The van der Waals surface area contributed by atoms with Crippen molar-refractivity contribution in [3.8, 4) is 17.1 Å². The van der Waals surface area contributed by atoms with Crippen molar-refractivity contribution >= 4 is 17.7 Å². The summed E-state index contributed by atoms with van der Waals surface area (Å²) in [4.78, 5) is 16.9. The Morgan fingerprint density at radius 3 is 2.70 bits per heavy atom. The maximum absolute atomic E-state index is 12.4. The zero-order valence-electron chi connectivity index (χ0n) is 17.3. The molecule has 3 aromatic rings. The van der Waals surface area contributed by atoms with E-state index in [1.807, 2.05) is 31.2 Å². The van der Waals surface area contributed by atoms with Gasteiger partial charge in [-0.3, -0.25) is 9.89 Å². The van der Waals surface area contributed by atoms with Gasteiger partial charge in [-0.1, -0.05) is 30.0 Å². The second kappa shape index (κ2) is 9.34. The number of amides is 1. The number of aryl methyl sites for hydroxylation is 2. The zero-order chi connectivity index (χ0) is 20.9. The maximum atomic E-state index is 12.4. The number of nitrogens with one attached hydrogen (secondary N) is 2. The third kappa shape index (κ3) is 4.84. The molecular weight excluding hydrogens is 396 g/mol. The Hall–Kier alpha value is -2.80. The lowest BCUT2D eigenvalue weighted by molar-refractivity contribution is -0.119. The van der Waals surface area contributed by atoms with Crippen LogP contribution < -0.4 is 10.1 Å². The molecule has 1 amide bonds. The number of hydrogen-bond acceptors (Lipinski definition) is 5. The standard InChI is InChI=1S/C23H26N4O2S/c1-15(18-8-7-16-5-3-4-6-19(16)13-18)24-21(28)14-30-23-25-22(26-27-23)17-9-11-20(29-2)12-10-17/h7-13,15H,3-6,14H2,1-2H3,(H,24,28)(H,25,26,27)/t15-/m1/s1. The molecule has 0 spiro atoms. The van der Waals surface area contributed by atoms with Crippen molar-refractivity contribution in [2.24, 2.45) is 0 Å². The summed E-state index contributed by atoms with van der Waals surface area (Å²) in [5.74, 6) is 1.71. The number of H-pyrrole nitrogens is 1. The number of carbonyl (C=O) groups excluding carboxylic acids is 1. The van der Waals surface area contributed by atoms with Gasteiger partial charge in [-0.2, -0.15) is 0 Å². The molecule has 0 aliphatic heterocycles. The van der Waals surface area contributed by atoms with E-state index >= 15 is 0 Å². The van der Waals surface area contributed by atoms with Crippen molar-refractivity contribution in [3.05, 3.63) is 59.2 Å². The van der Waals surface area contributed by atoms with E-state index in [2.05, 4.69) is 38.7 Å². The fourth-order valence-corrected chi connectivity index (χ4v) is 4.32. The van der Waals surface area contributed by atoms with Crippen LogP contribution in [-0.2, 0) is 17.6 Å². The lowest BCUT2D eigenvalue weighted by Crippen LogP contribution is -2.28. The normalized spacial score (nSPS) is 14.1. The van der Waals surface area contributed by atoms with Crippen LogP contribution in [0.25, 0.3) is 11.4 Å². The molecule has 0 unspecified atom stereocenters. The van der Waals surface area contributed by atoms with Gasteiger partial charge in [0.2, 0.25) is 11.1 Å². The number of benzene rings is 2. The van der Waals surface area contributed by atoms with Crippen LogP contribution in [0.4, 0.5) is 0 Å². The summed E-state index contributed by atoms with van der Waals surface area (Å²) in [5.41, 5.74) is 4.96. The van der Waals surface area contributed by atoms with Gasteiger partial charge < -0.3 is 10.1 Å². The molecule has 6 nitrogen and oxygen atoms in total. The third-order valence-electron chi connectivity index (χ3n) is 5.41. The number of thioether (sulfide) groups is 1. The minimum Gasteiger partial charge on any atom is -0.497 e.